The van der Waals surface area contributed by atoms with Gasteiger partial charge in [-0.3, -0.25) is 19.2 Å². The molecule has 2 aromatic heterocycles. The van der Waals surface area contributed by atoms with E-state index in [2.05, 4.69) is 24.8 Å². The number of rotatable bonds is 8. The molecule has 1 aliphatic rings. The van der Waals surface area contributed by atoms with E-state index in [1.165, 1.54) is 29.4 Å². The molecule has 0 amide bonds. The quantitative estimate of drug-likeness (QED) is 0.163. The fraction of sp³-hybridized carbons (Fsp3) is 0.353. The van der Waals surface area contributed by atoms with Crippen molar-refractivity contribution in [2.75, 3.05) is 11.9 Å². The Bertz CT molecular complexity index is 1200. The van der Waals surface area contributed by atoms with Gasteiger partial charge in [-0.2, -0.15) is 0 Å². The topological polar surface area (TPSA) is 215 Å². The zero-order valence-corrected chi connectivity index (χ0v) is 17.6. The van der Waals surface area contributed by atoms with Gasteiger partial charge in [0.1, 0.15) is 24.6 Å². The highest BCUT2D eigenvalue weighted by molar-refractivity contribution is 7.46. The number of hydrogen-bond acceptors (Lipinski definition) is 11. The van der Waals surface area contributed by atoms with Crippen molar-refractivity contribution in [2.24, 2.45) is 0 Å². The van der Waals surface area contributed by atoms with E-state index in [1.54, 1.807) is 12.1 Å². The summed E-state index contributed by atoms with van der Waals surface area (Å²) in [5.41, 5.74) is 1.34. The third-order valence-electron chi connectivity index (χ3n) is 4.98. The molecule has 4 rings (SSSR count). The SMILES string of the molecule is O=[N+]([O-])c1ccc(CNc2ncnc3c2ncn3[C@@H]2O[C@H](COP(=O)(O)O)[C@@H](O)[C@H]2O)cc1. The lowest BCUT2D eigenvalue weighted by atomic mass is 10.1. The van der Waals surface area contributed by atoms with Crippen LogP contribution in [0.5, 0.6) is 0 Å². The summed E-state index contributed by atoms with van der Waals surface area (Å²) in [6.07, 6.45) is -2.68. The third kappa shape index (κ3) is 4.99. The van der Waals surface area contributed by atoms with Crippen LogP contribution < -0.4 is 5.32 Å². The number of benzene rings is 1. The van der Waals surface area contributed by atoms with E-state index in [9.17, 15) is 24.9 Å². The van der Waals surface area contributed by atoms with Gasteiger partial charge in [0.2, 0.25) is 0 Å². The molecule has 4 atom stereocenters. The van der Waals surface area contributed by atoms with Crippen LogP contribution in [0.1, 0.15) is 11.8 Å². The minimum atomic E-state index is -4.79. The van der Waals surface area contributed by atoms with Crippen molar-refractivity contribution < 1.29 is 38.7 Å². The minimum absolute atomic E-state index is 0.0243. The molecule has 1 aliphatic heterocycles. The van der Waals surface area contributed by atoms with Crippen LogP contribution in [0.3, 0.4) is 0 Å². The Kier molecular flexibility index (Phi) is 6.36. The lowest BCUT2D eigenvalue weighted by molar-refractivity contribution is -0.384. The summed E-state index contributed by atoms with van der Waals surface area (Å²) < 4.78 is 22.2. The Morgan fingerprint density at radius 3 is 2.58 bits per heavy atom. The lowest BCUT2D eigenvalue weighted by Crippen LogP contribution is -2.33. The number of aliphatic hydroxyl groups is 2. The van der Waals surface area contributed by atoms with Gasteiger partial charge in [0, 0.05) is 18.7 Å². The highest BCUT2D eigenvalue weighted by Gasteiger charge is 2.45. The zero-order chi connectivity index (χ0) is 23.8. The van der Waals surface area contributed by atoms with Crippen LogP contribution in [0.4, 0.5) is 11.5 Å². The van der Waals surface area contributed by atoms with Crippen LogP contribution in [0.25, 0.3) is 11.2 Å². The molecular formula is C17H19N6O9P. The molecule has 15 nitrogen and oxygen atoms in total. The van der Waals surface area contributed by atoms with E-state index in [1.807, 2.05) is 0 Å². The van der Waals surface area contributed by atoms with Gasteiger partial charge in [-0.05, 0) is 5.56 Å². The fourth-order valence-electron chi connectivity index (χ4n) is 3.36. The van der Waals surface area contributed by atoms with Crippen LogP contribution in [0, 0.1) is 10.1 Å². The first-order chi connectivity index (χ1) is 15.6. The van der Waals surface area contributed by atoms with Gasteiger partial charge >= 0.3 is 7.82 Å². The average molecular weight is 482 g/mol. The number of fused-ring (bicyclic) bond motifs is 1. The first kappa shape index (κ1) is 23.1. The van der Waals surface area contributed by atoms with E-state index < -0.39 is 43.9 Å². The molecule has 0 bridgehead atoms. The molecule has 0 spiro atoms. The molecular weight excluding hydrogens is 463 g/mol. The smallest absolute Gasteiger partial charge is 0.387 e. The molecule has 5 N–H and O–H groups in total. The van der Waals surface area contributed by atoms with Crippen molar-refractivity contribution in [3.8, 4) is 0 Å². The molecule has 1 aromatic carbocycles. The Morgan fingerprint density at radius 1 is 1.18 bits per heavy atom. The Morgan fingerprint density at radius 2 is 1.91 bits per heavy atom. The molecule has 3 heterocycles. The summed E-state index contributed by atoms with van der Waals surface area (Å²) in [5, 5.41) is 34.4. The number of phosphoric ester groups is 1. The average Bonchev–Trinajstić information content (AvgIpc) is 3.32. The van der Waals surface area contributed by atoms with Crippen LogP contribution in [-0.2, 0) is 20.4 Å². The summed E-state index contributed by atoms with van der Waals surface area (Å²) in [5.74, 6) is 0.353. The van der Waals surface area contributed by atoms with Crippen molar-refractivity contribution in [3.63, 3.8) is 0 Å². The number of ether oxygens (including phenoxy) is 1. The number of anilines is 1. The van der Waals surface area contributed by atoms with Crippen molar-refractivity contribution in [3.05, 3.63) is 52.6 Å². The summed E-state index contributed by atoms with van der Waals surface area (Å²) in [6.45, 7) is -0.345. The second kappa shape index (κ2) is 9.07. The number of nitro benzene ring substituents is 1. The molecule has 16 heteroatoms. The van der Waals surface area contributed by atoms with E-state index >= 15 is 0 Å². The monoisotopic (exact) mass is 482 g/mol. The molecule has 0 unspecified atom stereocenters. The molecule has 0 radical (unpaired) electrons. The summed E-state index contributed by atoms with van der Waals surface area (Å²) in [7, 11) is -4.79. The highest BCUT2D eigenvalue weighted by atomic mass is 31.2. The number of imidazole rings is 1. The Hall–Kier alpha value is -3.04. The minimum Gasteiger partial charge on any atom is -0.387 e. The second-order valence-electron chi connectivity index (χ2n) is 7.16. The number of aromatic nitrogens is 4. The van der Waals surface area contributed by atoms with Gasteiger partial charge in [0.15, 0.2) is 23.2 Å². The number of phosphoric acid groups is 1. The van der Waals surface area contributed by atoms with Crippen molar-refractivity contribution in [1.82, 2.24) is 19.5 Å². The number of non-ortho nitro benzene ring substituents is 1. The maximum Gasteiger partial charge on any atom is 0.469 e. The predicted octanol–water partition coefficient (Wildman–Crippen LogP) is 0.0751. The molecule has 3 aromatic rings. The zero-order valence-electron chi connectivity index (χ0n) is 16.7. The lowest BCUT2D eigenvalue weighted by Gasteiger charge is -2.16. The van der Waals surface area contributed by atoms with Gasteiger partial charge in [-0.1, -0.05) is 12.1 Å². The molecule has 33 heavy (non-hydrogen) atoms. The third-order valence-corrected chi connectivity index (χ3v) is 5.47. The van der Waals surface area contributed by atoms with Crippen LogP contribution in [0.15, 0.2) is 36.9 Å². The summed E-state index contributed by atoms with van der Waals surface area (Å²) in [4.78, 5) is 40.5. The first-order valence-electron chi connectivity index (χ1n) is 9.50. The standard InChI is InChI=1S/C17H19N6O9P/c24-13-11(6-31-33(28,29)30)32-17(14(13)25)22-8-21-12-15(19-7-20-16(12)22)18-5-9-1-3-10(4-2-9)23(26)27/h1-4,7-8,11,13-14,17,24-25H,5-6H2,(H,18,19,20)(H2,28,29,30)/t11-,13-,14-,17-/m1/s1. The summed E-state index contributed by atoms with van der Waals surface area (Å²) in [6, 6.07) is 5.98. The fourth-order valence-corrected chi connectivity index (χ4v) is 3.70. The van der Waals surface area contributed by atoms with Crippen LogP contribution >= 0.6 is 7.82 Å². The Balaban J connectivity index is 1.51. The number of nitrogens with zero attached hydrogens (tertiary/aromatic N) is 5. The van der Waals surface area contributed by atoms with E-state index in [4.69, 9.17) is 14.5 Å². The number of nitro groups is 1. The second-order valence-corrected chi connectivity index (χ2v) is 8.40. The molecule has 1 saturated heterocycles. The van der Waals surface area contributed by atoms with Crippen molar-refractivity contribution in [1.29, 1.82) is 0 Å². The molecule has 0 aliphatic carbocycles. The molecule has 176 valence electrons. The predicted molar refractivity (Wildman–Crippen MR) is 110 cm³/mol. The number of nitrogens with one attached hydrogen (secondary N) is 1. The van der Waals surface area contributed by atoms with E-state index in [-0.39, 0.29) is 11.3 Å². The normalized spacial score (nSPS) is 23.2. The van der Waals surface area contributed by atoms with Gasteiger partial charge in [0.25, 0.3) is 5.69 Å². The maximum absolute atomic E-state index is 10.9. The van der Waals surface area contributed by atoms with Crippen LogP contribution in [-0.4, -0.2) is 69.4 Å². The number of hydrogen-bond donors (Lipinski definition) is 5. The maximum atomic E-state index is 10.9. The van der Waals surface area contributed by atoms with Gasteiger partial charge in [-0.25, -0.2) is 19.5 Å². The van der Waals surface area contributed by atoms with Crippen molar-refractivity contribution in [2.45, 2.75) is 31.1 Å². The van der Waals surface area contributed by atoms with Gasteiger partial charge in [-0.15, -0.1) is 0 Å². The Labute approximate surface area is 185 Å². The molecule has 0 saturated carbocycles. The van der Waals surface area contributed by atoms with Gasteiger partial charge in [0.05, 0.1) is 17.9 Å². The van der Waals surface area contributed by atoms with Gasteiger partial charge < -0.3 is 30.1 Å². The molecule has 1 fully saturated rings. The number of aliphatic hydroxyl groups excluding tert-OH is 2. The highest BCUT2D eigenvalue weighted by Crippen LogP contribution is 2.39. The van der Waals surface area contributed by atoms with Crippen LogP contribution in [0.2, 0.25) is 0 Å². The van der Waals surface area contributed by atoms with E-state index in [0.29, 0.717) is 17.9 Å². The summed E-state index contributed by atoms with van der Waals surface area (Å²) >= 11 is 0. The largest absolute Gasteiger partial charge is 0.469 e. The van der Waals surface area contributed by atoms with E-state index in [0.717, 1.165) is 5.56 Å². The van der Waals surface area contributed by atoms with Crippen molar-refractivity contribution >= 4 is 30.5 Å². The first-order valence-corrected chi connectivity index (χ1v) is 11.0.